The lowest BCUT2D eigenvalue weighted by molar-refractivity contribution is 0.0941. The van der Waals surface area contributed by atoms with E-state index in [4.69, 9.17) is 11.6 Å². The number of thiophene rings is 1. The third-order valence-corrected chi connectivity index (χ3v) is 7.05. The highest BCUT2D eigenvalue weighted by molar-refractivity contribution is 7.91. The van der Waals surface area contributed by atoms with Crippen LogP contribution in [0.15, 0.2) is 34.5 Å². The van der Waals surface area contributed by atoms with Crippen molar-refractivity contribution in [3.05, 3.63) is 51.4 Å². The lowest BCUT2D eigenvalue weighted by Crippen LogP contribution is -2.26. The van der Waals surface area contributed by atoms with Crippen molar-refractivity contribution in [2.24, 2.45) is 0 Å². The summed E-state index contributed by atoms with van der Waals surface area (Å²) in [7, 11) is -2.18. The number of rotatable bonds is 4. The van der Waals surface area contributed by atoms with Crippen LogP contribution in [0.3, 0.4) is 0 Å². The molecule has 1 aliphatic rings. The van der Waals surface area contributed by atoms with E-state index in [0.717, 1.165) is 35.3 Å². The minimum absolute atomic E-state index is 0.0683. The Morgan fingerprint density at radius 3 is 2.83 bits per heavy atom. The van der Waals surface area contributed by atoms with Crippen LogP contribution in [0.1, 0.15) is 33.3 Å². The Balaban J connectivity index is 1.77. The molecule has 2 N–H and O–H groups in total. The van der Waals surface area contributed by atoms with Gasteiger partial charge in [0.1, 0.15) is 4.21 Å². The normalized spacial score (nSPS) is 17.0. The van der Waals surface area contributed by atoms with Gasteiger partial charge in [0.2, 0.25) is 10.0 Å². The van der Waals surface area contributed by atoms with E-state index in [0.29, 0.717) is 9.90 Å². The maximum Gasteiger partial charge on any atom is 0.261 e. The smallest absolute Gasteiger partial charge is 0.261 e. The number of nitrogens with one attached hydrogen (secondary N) is 2. The Kier molecular flexibility index (Phi) is 4.46. The molecule has 1 aromatic heterocycles. The van der Waals surface area contributed by atoms with Crippen LogP contribution >= 0.6 is 22.9 Å². The number of hydrogen-bond acceptors (Lipinski definition) is 4. The Bertz CT molecular complexity index is 861. The van der Waals surface area contributed by atoms with Gasteiger partial charge >= 0.3 is 0 Å². The largest absolute Gasteiger partial charge is 0.345 e. The zero-order chi connectivity index (χ0) is 16.6. The monoisotopic (exact) mass is 370 g/mol. The molecule has 0 saturated carbocycles. The van der Waals surface area contributed by atoms with Crippen molar-refractivity contribution in [1.82, 2.24) is 10.0 Å². The van der Waals surface area contributed by atoms with Crippen LogP contribution in [-0.4, -0.2) is 21.4 Å². The minimum Gasteiger partial charge on any atom is -0.345 e. The number of aryl methyl sites for hydroxylation is 1. The number of amides is 1. The van der Waals surface area contributed by atoms with Crippen LogP contribution in [0.2, 0.25) is 5.02 Å². The SMILES string of the molecule is CNS(=O)(=O)c1ccc(C(=O)N[C@@H]2CCc3cc(Cl)ccc32)s1. The summed E-state index contributed by atoms with van der Waals surface area (Å²) in [5.74, 6) is -0.264. The molecule has 0 unspecified atom stereocenters. The highest BCUT2D eigenvalue weighted by Gasteiger charge is 2.25. The second-order valence-electron chi connectivity index (χ2n) is 5.23. The Labute approximate surface area is 143 Å². The van der Waals surface area contributed by atoms with Crippen molar-refractivity contribution in [3.63, 3.8) is 0 Å². The van der Waals surface area contributed by atoms with E-state index in [-0.39, 0.29) is 16.2 Å². The molecular formula is C15H15ClN2O3S2. The van der Waals surface area contributed by atoms with E-state index >= 15 is 0 Å². The quantitative estimate of drug-likeness (QED) is 0.868. The van der Waals surface area contributed by atoms with Crippen LogP contribution in [0.4, 0.5) is 0 Å². The van der Waals surface area contributed by atoms with Crippen LogP contribution < -0.4 is 10.0 Å². The Morgan fingerprint density at radius 2 is 2.09 bits per heavy atom. The van der Waals surface area contributed by atoms with Crippen LogP contribution in [-0.2, 0) is 16.4 Å². The Hall–Kier alpha value is -1.41. The number of benzene rings is 1. The molecule has 1 aromatic carbocycles. The highest BCUT2D eigenvalue weighted by atomic mass is 35.5. The summed E-state index contributed by atoms with van der Waals surface area (Å²) in [5, 5.41) is 3.66. The van der Waals surface area contributed by atoms with Crippen molar-refractivity contribution < 1.29 is 13.2 Å². The van der Waals surface area contributed by atoms with Gasteiger partial charge in [-0.25, -0.2) is 13.1 Å². The first kappa shape index (κ1) is 16.4. The van der Waals surface area contributed by atoms with Crippen LogP contribution in [0.25, 0.3) is 0 Å². The highest BCUT2D eigenvalue weighted by Crippen LogP contribution is 2.33. The van der Waals surface area contributed by atoms with E-state index in [1.54, 1.807) is 0 Å². The van der Waals surface area contributed by atoms with E-state index in [1.165, 1.54) is 19.2 Å². The zero-order valence-electron chi connectivity index (χ0n) is 12.3. The van der Waals surface area contributed by atoms with Gasteiger partial charge in [-0.05, 0) is 55.3 Å². The number of fused-ring (bicyclic) bond motifs is 1. The average molecular weight is 371 g/mol. The second-order valence-corrected chi connectivity index (χ2v) is 8.87. The number of sulfonamides is 1. The van der Waals surface area contributed by atoms with Crippen LogP contribution in [0.5, 0.6) is 0 Å². The maximum absolute atomic E-state index is 12.4. The molecule has 1 atom stereocenters. The predicted octanol–water partition coefficient (Wildman–Crippen LogP) is 2.73. The fourth-order valence-electron chi connectivity index (χ4n) is 2.65. The number of carbonyl (C=O) groups excluding carboxylic acids is 1. The lowest BCUT2D eigenvalue weighted by Gasteiger charge is -2.13. The van der Waals surface area contributed by atoms with E-state index in [1.807, 2.05) is 18.2 Å². The van der Waals surface area contributed by atoms with Crippen molar-refractivity contribution in [3.8, 4) is 0 Å². The number of hydrogen-bond donors (Lipinski definition) is 2. The number of halogens is 1. The average Bonchev–Trinajstić information content (AvgIpc) is 3.15. The fraction of sp³-hybridized carbons (Fsp3) is 0.267. The lowest BCUT2D eigenvalue weighted by atomic mass is 10.1. The molecule has 0 saturated heterocycles. The van der Waals surface area contributed by atoms with Crippen molar-refractivity contribution in [2.45, 2.75) is 23.1 Å². The molecule has 1 aliphatic carbocycles. The molecule has 0 aliphatic heterocycles. The standard InChI is InChI=1S/C15H15ClN2O3S2/c1-17-23(20,21)14-7-6-13(22-14)15(19)18-12-5-2-9-8-10(16)3-4-11(9)12/h3-4,6-8,12,17H,2,5H2,1H3,(H,18,19)/t12-/m1/s1. The molecule has 2 aromatic rings. The first-order valence-corrected chi connectivity index (χ1v) is 9.71. The third kappa shape index (κ3) is 3.28. The fourth-order valence-corrected chi connectivity index (χ4v) is 4.89. The van der Waals surface area contributed by atoms with Crippen molar-refractivity contribution in [1.29, 1.82) is 0 Å². The van der Waals surface area contributed by atoms with Gasteiger partial charge in [-0.15, -0.1) is 11.3 Å². The summed E-state index contributed by atoms with van der Waals surface area (Å²) >= 11 is 6.94. The molecule has 5 nitrogen and oxygen atoms in total. The summed E-state index contributed by atoms with van der Waals surface area (Å²) in [5.41, 5.74) is 2.22. The third-order valence-electron chi connectivity index (χ3n) is 3.83. The zero-order valence-corrected chi connectivity index (χ0v) is 14.7. The minimum atomic E-state index is -3.52. The van der Waals surface area contributed by atoms with Gasteiger partial charge in [0.25, 0.3) is 5.91 Å². The van der Waals surface area contributed by atoms with Gasteiger partial charge in [0, 0.05) is 5.02 Å². The molecule has 1 heterocycles. The van der Waals surface area contributed by atoms with Gasteiger partial charge in [0.15, 0.2) is 0 Å². The number of carbonyl (C=O) groups is 1. The molecule has 1 amide bonds. The summed E-state index contributed by atoms with van der Waals surface area (Å²) < 4.78 is 25.8. The summed E-state index contributed by atoms with van der Waals surface area (Å²) in [6.45, 7) is 0. The molecule has 0 radical (unpaired) electrons. The van der Waals surface area contributed by atoms with E-state index in [9.17, 15) is 13.2 Å². The predicted molar refractivity (Wildman–Crippen MR) is 90.5 cm³/mol. The summed E-state index contributed by atoms with van der Waals surface area (Å²) in [4.78, 5) is 12.7. The first-order valence-electron chi connectivity index (χ1n) is 7.03. The van der Waals surface area contributed by atoms with Crippen molar-refractivity contribution in [2.75, 3.05) is 7.05 Å². The van der Waals surface area contributed by atoms with E-state index < -0.39 is 10.0 Å². The van der Waals surface area contributed by atoms with Gasteiger partial charge in [-0.2, -0.15) is 0 Å². The first-order chi connectivity index (χ1) is 10.9. The molecule has 122 valence electrons. The maximum atomic E-state index is 12.4. The molecule has 8 heteroatoms. The molecule has 23 heavy (non-hydrogen) atoms. The topological polar surface area (TPSA) is 75.3 Å². The second kappa shape index (κ2) is 6.24. The molecule has 0 fully saturated rings. The van der Waals surface area contributed by atoms with Gasteiger partial charge < -0.3 is 5.32 Å². The molecule has 3 rings (SSSR count). The summed E-state index contributed by atoms with van der Waals surface area (Å²) in [6.07, 6.45) is 1.68. The van der Waals surface area contributed by atoms with Crippen LogP contribution in [0, 0.1) is 0 Å². The van der Waals surface area contributed by atoms with Crippen molar-refractivity contribution >= 4 is 38.9 Å². The molecule has 0 bridgehead atoms. The molecule has 0 spiro atoms. The van der Waals surface area contributed by atoms with Gasteiger partial charge in [-0.3, -0.25) is 4.79 Å². The van der Waals surface area contributed by atoms with E-state index in [2.05, 4.69) is 10.0 Å². The Morgan fingerprint density at radius 1 is 1.30 bits per heavy atom. The molecular weight excluding hydrogens is 356 g/mol. The van der Waals surface area contributed by atoms with Gasteiger partial charge in [0.05, 0.1) is 10.9 Å². The summed E-state index contributed by atoms with van der Waals surface area (Å²) in [6, 6.07) is 8.57. The van der Waals surface area contributed by atoms with Gasteiger partial charge in [-0.1, -0.05) is 17.7 Å².